The van der Waals surface area contributed by atoms with Crippen LogP contribution >= 0.6 is 11.3 Å². The molecule has 1 aliphatic carbocycles. The fourth-order valence-corrected chi connectivity index (χ4v) is 6.21. The van der Waals surface area contributed by atoms with Crippen LogP contribution in [0.4, 0.5) is 5.69 Å². The molecule has 0 bridgehead atoms. The predicted octanol–water partition coefficient (Wildman–Crippen LogP) is 2.44. The highest BCUT2D eigenvalue weighted by molar-refractivity contribution is 7.89. The molecule has 8 nitrogen and oxygen atoms in total. The number of sulfonamides is 1. The van der Waals surface area contributed by atoms with Crippen molar-refractivity contribution in [3.8, 4) is 0 Å². The minimum Gasteiger partial charge on any atom is -0.448 e. The molecule has 166 valence electrons. The van der Waals surface area contributed by atoms with Gasteiger partial charge in [0, 0.05) is 23.7 Å². The highest BCUT2D eigenvalue weighted by Gasteiger charge is 2.27. The Balaban J connectivity index is 1.39. The van der Waals surface area contributed by atoms with Gasteiger partial charge < -0.3 is 14.8 Å². The minimum atomic E-state index is -3.68. The molecule has 0 radical (unpaired) electrons. The molecule has 4 rings (SSSR count). The van der Waals surface area contributed by atoms with Gasteiger partial charge in [0.1, 0.15) is 4.88 Å². The van der Waals surface area contributed by atoms with E-state index in [1.165, 1.54) is 45.1 Å². The van der Waals surface area contributed by atoms with E-state index < -0.39 is 28.0 Å². The number of carbonyl (C=O) groups is 2. The molecule has 2 heterocycles. The molecule has 2 aliphatic rings. The largest absolute Gasteiger partial charge is 0.448 e. The average Bonchev–Trinajstić information content (AvgIpc) is 3.37. The second-order valence-corrected chi connectivity index (χ2v) is 10.6. The van der Waals surface area contributed by atoms with Crippen molar-refractivity contribution in [1.82, 2.24) is 4.31 Å². The lowest BCUT2D eigenvalue weighted by Crippen LogP contribution is -2.40. The van der Waals surface area contributed by atoms with E-state index >= 15 is 0 Å². The topological polar surface area (TPSA) is 102 Å². The number of ether oxygens (including phenoxy) is 2. The van der Waals surface area contributed by atoms with Crippen LogP contribution in [0, 0.1) is 0 Å². The second kappa shape index (κ2) is 9.07. The summed E-state index contributed by atoms with van der Waals surface area (Å²) < 4.78 is 37.5. The number of esters is 1. The molecule has 1 fully saturated rings. The Morgan fingerprint density at radius 3 is 2.71 bits per heavy atom. The standard InChI is InChI=1S/C21H24N2O6S2/c1-14(29-21(25)19-12-15-4-2-7-18(15)30-19)20(24)22-16-5-3-6-17(13-16)31(26,27)23-8-10-28-11-9-23/h3,5-6,12-14H,2,4,7-11H2,1H3,(H,22,24). The summed E-state index contributed by atoms with van der Waals surface area (Å²) in [6, 6.07) is 7.89. The molecular formula is C21H24N2O6S2. The lowest BCUT2D eigenvalue weighted by Gasteiger charge is -2.26. The van der Waals surface area contributed by atoms with Crippen LogP contribution in [0.1, 0.15) is 33.5 Å². The Labute approximate surface area is 185 Å². The first kappa shape index (κ1) is 21.9. The van der Waals surface area contributed by atoms with Gasteiger partial charge in [0.2, 0.25) is 10.0 Å². The average molecular weight is 465 g/mol. The van der Waals surface area contributed by atoms with Gasteiger partial charge in [0.15, 0.2) is 6.10 Å². The fraction of sp³-hybridized carbons (Fsp3) is 0.429. The quantitative estimate of drug-likeness (QED) is 0.659. The summed E-state index contributed by atoms with van der Waals surface area (Å²) >= 11 is 1.42. The van der Waals surface area contributed by atoms with Crippen LogP contribution in [-0.4, -0.2) is 57.0 Å². The molecular weight excluding hydrogens is 440 g/mol. The maximum atomic E-state index is 12.8. The van der Waals surface area contributed by atoms with Gasteiger partial charge in [0.25, 0.3) is 5.91 Å². The number of hydrogen-bond acceptors (Lipinski definition) is 7. The molecule has 1 aliphatic heterocycles. The Kier molecular flexibility index (Phi) is 6.42. The predicted molar refractivity (Wildman–Crippen MR) is 116 cm³/mol. The van der Waals surface area contributed by atoms with E-state index in [2.05, 4.69) is 5.32 Å². The van der Waals surface area contributed by atoms with Crippen molar-refractivity contribution in [1.29, 1.82) is 0 Å². The smallest absolute Gasteiger partial charge is 0.349 e. The van der Waals surface area contributed by atoms with Crippen molar-refractivity contribution >= 4 is 38.9 Å². The summed E-state index contributed by atoms with van der Waals surface area (Å²) in [7, 11) is -3.68. The third-order valence-electron chi connectivity index (χ3n) is 5.31. The molecule has 1 aromatic heterocycles. The van der Waals surface area contributed by atoms with E-state index in [-0.39, 0.29) is 18.0 Å². The zero-order chi connectivity index (χ0) is 22.0. The maximum absolute atomic E-state index is 12.8. The summed E-state index contributed by atoms with van der Waals surface area (Å²) in [4.78, 5) is 26.7. The Morgan fingerprint density at radius 2 is 1.97 bits per heavy atom. The molecule has 2 aromatic rings. The van der Waals surface area contributed by atoms with E-state index in [1.54, 1.807) is 12.1 Å². The number of hydrogen-bond donors (Lipinski definition) is 1. The summed E-state index contributed by atoms with van der Waals surface area (Å²) in [5, 5.41) is 2.63. The number of morpholine rings is 1. The van der Waals surface area contributed by atoms with Crippen molar-refractivity contribution in [2.75, 3.05) is 31.6 Å². The SMILES string of the molecule is CC(OC(=O)c1cc2c(s1)CCC2)C(=O)Nc1cccc(S(=O)(=O)N2CCOCC2)c1. The van der Waals surface area contributed by atoms with Gasteiger partial charge in [0.05, 0.1) is 18.1 Å². The molecule has 1 saturated heterocycles. The molecule has 0 saturated carbocycles. The first-order chi connectivity index (χ1) is 14.8. The number of fused-ring (bicyclic) bond motifs is 1. The van der Waals surface area contributed by atoms with Crippen LogP contribution < -0.4 is 5.32 Å². The number of aryl methyl sites for hydroxylation is 2. The number of benzene rings is 1. The maximum Gasteiger partial charge on any atom is 0.349 e. The Bertz CT molecular complexity index is 1070. The van der Waals surface area contributed by atoms with Gasteiger partial charge >= 0.3 is 5.97 Å². The van der Waals surface area contributed by atoms with Crippen LogP contribution in [-0.2, 0) is 37.1 Å². The Hall–Kier alpha value is -2.27. The third kappa shape index (κ3) is 4.82. The van der Waals surface area contributed by atoms with E-state index in [4.69, 9.17) is 9.47 Å². The van der Waals surface area contributed by atoms with Crippen LogP contribution in [0.5, 0.6) is 0 Å². The van der Waals surface area contributed by atoms with Crippen LogP contribution in [0.2, 0.25) is 0 Å². The van der Waals surface area contributed by atoms with E-state index in [0.717, 1.165) is 19.3 Å². The zero-order valence-corrected chi connectivity index (χ0v) is 18.8. The molecule has 1 aromatic carbocycles. The van der Waals surface area contributed by atoms with Gasteiger partial charge in [-0.1, -0.05) is 6.07 Å². The van der Waals surface area contributed by atoms with E-state index in [9.17, 15) is 18.0 Å². The number of carbonyl (C=O) groups excluding carboxylic acids is 2. The summed E-state index contributed by atoms with van der Waals surface area (Å²) in [6.07, 6.45) is 2.03. The molecule has 10 heteroatoms. The van der Waals surface area contributed by atoms with Gasteiger partial charge in [-0.3, -0.25) is 4.79 Å². The highest BCUT2D eigenvalue weighted by atomic mass is 32.2. The van der Waals surface area contributed by atoms with Crippen molar-refractivity contribution in [3.63, 3.8) is 0 Å². The number of thiophene rings is 1. The molecule has 0 spiro atoms. The first-order valence-corrected chi connectivity index (χ1v) is 12.4. The van der Waals surface area contributed by atoms with Gasteiger partial charge in [-0.05, 0) is 56.0 Å². The zero-order valence-electron chi connectivity index (χ0n) is 17.1. The van der Waals surface area contributed by atoms with Crippen LogP contribution in [0.3, 0.4) is 0 Å². The van der Waals surface area contributed by atoms with E-state index in [1.807, 2.05) is 6.07 Å². The number of anilines is 1. The van der Waals surface area contributed by atoms with Gasteiger partial charge in [-0.15, -0.1) is 11.3 Å². The number of nitrogens with zero attached hydrogens (tertiary/aromatic N) is 1. The highest BCUT2D eigenvalue weighted by Crippen LogP contribution is 2.31. The first-order valence-electron chi connectivity index (χ1n) is 10.2. The van der Waals surface area contributed by atoms with Gasteiger partial charge in [-0.2, -0.15) is 4.31 Å². The molecule has 1 N–H and O–H groups in total. The summed E-state index contributed by atoms with van der Waals surface area (Å²) in [5.74, 6) is -1.05. The van der Waals surface area contributed by atoms with Crippen molar-refractivity contribution in [2.24, 2.45) is 0 Å². The summed E-state index contributed by atoms with van der Waals surface area (Å²) in [5.41, 5.74) is 1.50. The number of rotatable bonds is 6. The molecule has 31 heavy (non-hydrogen) atoms. The second-order valence-electron chi connectivity index (χ2n) is 7.49. The monoisotopic (exact) mass is 464 g/mol. The van der Waals surface area contributed by atoms with Crippen LogP contribution in [0.15, 0.2) is 35.2 Å². The molecule has 1 amide bonds. The van der Waals surface area contributed by atoms with Crippen LogP contribution in [0.25, 0.3) is 0 Å². The Morgan fingerprint density at radius 1 is 1.19 bits per heavy atom. The van der Waals surface area contributed by atoms with E-state index in [0.29, 0.717) is 23.8 Å². The van der Waals surface area contributed by atoms with Crippen molar-refractivity contribution in [3.05, 3.63) is 45.6 Å². The number of amides is 1. The number of nitrogens with one attached hydrogen (secondary N) is 1. The molecule has 1 unspecified atom stereocenters. The normalized spacial score (nSPS) is 17.7. The van der Waals surface area contributed by atoms with Crippen molar-refractivity contribution in [2.45, 2.75) is 37.2 Å². The minimum absolute atomic E-state index is 0.0879. The lowest BCUT2D eigenvalue weighted by molar-refractivity contribution is -0.123. The fourth-order valence-electron chi connectivity index (χ4n) is 3.62. The summed E-state index contributed by atoms with van der Waals surface area (Å²) in [6.45, 7) is 2.77. The lowest BCUT2D eigenvalue weighted by atomic mass is 10.2. The molecule has 1 atom stereocenters. The van der Waals surface area contributed by atoms with Gasteiger partial charge in [-0.25, -0.2) is 13.2 Å². The third-order valence-corrected chi connectivity index (χ3v) is 8.42. The van der Waals surface area contributed by atoms with Crippen molar-refractivity contribution < 1.29 is 27.5 Å².